The van der Waals surface area contributed by atoms with Crippen LogP contribution >= 0.6 is 0 Å². The normalized spacial score (nSPS) is 12.9. The fourth-order valence-electron chi connectivity index (χ4n) is 1.46. The fourth-order valence-corrected chi connectivity index (χ4v) is 1.46. The first kappa shape index (κ1) is 7.86. The minimum atomic E-state index is -1.10. The van der Waals surface area contributed by atoms with Gasteiger partial charge in [-0.25, -0.2) is 4.79 Å². The van der Waals surface area contributed by atoms with Crippen molar-refractivity contribution in [2.75, 3.05) is 0 Å². The van der Waals surface area contributed by atoms with Crippen LogP contribution in [0.3, 0.4) is 0 Å². The zero-order chi connectivity index (χ0) is 9.42. The topological polar surface area (TPSA) is 57.5 Å². The summed E-state index contributed by atoms with van der Waals surface area (Å²) in [5, 5.41) is 18.0. The van der Waals surface area contributed by atoms with Crippen molar-refractivity contribution >= 4 is 12.0 Å². The number of carboxylic acids is 1. The number of aromatic hydroxyl groups is 1. The Hall–Kier alpha value is -1.77. The average molecular weight is 176 g/mol. The van der Waals surface area contributed by atoms with Crippen molar-refractivity contribution in [2.24, 2.45) is 0 Å². The molecular weight excluding hydrogens is 168 g/mol. The first-order valence-corrected chi connectivity index (χ1v) is 3.94. The second-order valence-corrected chi connectivity index (χ2v) is 2.98. The Labute approximate surface area is 74.9 Å². The van der Waals surface area contributed by atoms with Gasteiger partial charge in [0, 0.05) is 0 Å². The van der Waals surface area contributed by atoms with Gasteiger partial charge in [-0.3, -0.25) is 0 Å². The van der Waals surface area contributed by atoms with Crippen LogP contribution in [0.5, 0.6) is 5.75 Å². The van der Waals surface area contributed by atoms with E-state index in [0.29, 0.717) is 0 Å². The molecule has 3 heteroatoms. The highest BCUT2D eigenvalue weighted by atomic mass is 16.4. The van der Waals surface area contributed by atoms with Gasteiger partial charge in [-0.15, -0.1) is 0 Å². The van der Waals surface area contributed by atoms with E-state index in [1.165, 1.54) is 12.1 Å². The highest BCUT2D eigenvalue weighted by Crippen LogP contribution is 2.27. The monoisotopic (exact) mass is 176 g/mol. The van der Waals surface area contributed by atoms with Gasteiger partial charge >= 0.3 is 5.97 Å². The second-order valence-electron chi connectivity index (χ2n) is 2.98. The number of phenols is 1. The van der Waals surface area contributed by atoms with E-state index in [2.05, 4.69) is 0 Å². The molecule has 0 saturated carbocycles. The zero-order valence-corrected chi connectivity index (χ0v) is 6.82. The highest BCUT2D eigenvalue weighted by Gasteiger charge is 2.14. The van der Waals surface area contributed by atoms with E-state index in [0.717, 1.165) is 17.5 Å². The summed E-state index contributed by atoms with van der Waals surface area (Å²) in [6, 6.07) is 3.01. The second kappa shape index (κ2) is 2.62. The van der Waals surface area contributed by atoms with Gasteiger partial charge in [0.1, 0.15) is 11.3 Å². The lowest BCUT2D eigenvalue weighted by Gasteiger charge is -2.03. The van der Waals surface area contributed by atoms with Crippen molar-refractivity contribution in [3.8, 4) is 5.75 Å². The molecule has 0 aliphatic heterocycles. The smallest absolute Gasteiger partial charge is 0.339 e. The van der Waals surface area contributed by atoms with Crippen molar-refractivity contribution in [1.29, 1.82) is 0 Å². The minimum Gasteiger partial charge on any atom is -0.507 e. The van der Waals surface area contributed by atoms with Crippen LogP contribution in [0.2, 0.25) is 0 Å². The molecule has 0 amide bonds. The molecule has 0 fully saturated rings. The number of hydrogen-bond acceptors (Lipinski definition) is 2. The number of fused-ring (bicyclic) bond motifs is 1. The molecule has 0 spiro atoms. The van der Waals surface area contributed by atoms with Crippen molar-refractivity contribution in [3.63, 3.8) is 0 Å². The molecule has 1 aliphatic rings. The van der Waals surface area contributed by atoms with Crippen LogP contribution in [0.25, 0.3) is 6.08 Å². The van der Waals surface area contributed by atoms with Crippen LogP contribution < -0.4 is 0 Å². The molecule has 2 N–H and O–H groups in total. The number of hydrogen-bond donors (Lipinski definition) is 2. The zero-order valence-electron chi connectivity index (χ0n) is 6.82. The summed E-state index contributed by atoms with van der Waals surface area (Å²) >= 11 is 0. The molecule has 0 aromatic heterocycles. The summed E-state index contributed by atoms with van der Waals surface area (Å²) < 4.78 is 0. The Morgan fingerprint density at radius 2 is 2.15 bits per heavy atom. The third-order valence-electron chi connectivity index (χ3n) is 2.12. The van der Waals surface area contributed by atoms with Crippen LogP contribution in [-0.2, 0) is 6.42 Å². The number of aromatic carboxylic acids is 1. The van der Waals surface area contributed by atoms with Crippen molar-refractivity contribution < 1.29 is 15.0 Å². The van der Waals surface area contributed by atoms with Crippen LogP contribution in [-0.4, -0.2) is 16.2 Å². The maximum Gasteiger partial charge on any atom is 0.339 e. The van der Waals surface area contributed by atoms with Crippen LogP contribution in [0, 0.1) is 0 Å². The van der Waals surface area contributed by atoms with Crippen LogP contribution in [0.4, 0.5) is 0 Å². The average Bonchev–Trinajstić information content (AvgIpc) is 2.48. The third-order valence-corrected chi connectivity index (χ3v) is 2.12. The van der Waals surface area contributed by atoms with E-state index in [1.807, 2.05) is 12.2 Å². The number of allylic oxidation sites excluding steroid dienone is 1. The molecule has 0 radical (unpaired) electrons. The van der Waals surface area contributed by atoms with Gasteiger partial charge in [0.2, 0.25) is 0 Å². The lowest BCUT2D eigenvalue weighted by molar-refractivity contribution is 0.0693. The van der Waals surface area contributed by atoms with Crippen molar-refractivity contribution in [1.82, 2.24) is 0 Å². The molecule has 1 aromatic rings. The van der Waals surface area contributed by atoms with Crippen molar-refractivity contribution in [2.45, 2.75) is 6.42 Å². The molecule has 0 atom stereocenters. The van der Waals surface area contributed by atoms with Crippen LogP contribution in [0.1, 0.15) is 21.5 Å². The predicted molar refractivity (Wildman–Crippen MR) is 47.8 cm³/mol. The Bertz CT molecular complexity index is 405. The van der Waals surface area contributed by atoms with Gasteiger partial charge in [0.05, 0.1) is 0 Å². The van der Waals surface area contributed by atoms with Gasteiger partial charge in [-0.05, 0) is 29.7 Å². The Morgan fingerprint density at radius 3 is 2.85 bits per heavy atom. The van der Waals surface area contributed by atoms with Gasteiger partial charge in [-0.2, -0.15) is 0 Å². The van der Waals surface area contributed by atoms with E-state index in [9.17, 15) is 9.90 Å². The number of rotatable bonds is 1. The van der Waals surface area contributed by atoms with E-state index < -0.39 is 5.97 Å². The third kappa shape index (κ3) is 1.18. The molecule has 0 unspecified atom stereocenters. The summed E-state index contributed by atoms with van der Waals surface area (Å²) in [6.45, 7) is 0. The molecule has 13 heavy (non-hydrogen) atoms. The van der Waals surface area contributed by atoms with E-state index >= 15 is 0 Å². The highest BCUT2D eigenvalue weighted by molar-refractivity contribution is 5.92. The molecule has 0 bridgehead atoms. The fraction of sp³-hybridized carbons (Fsp3) is 0.100. The summed E-state index contributed by atoms with van der Waals surface area (Å²) in [7, 11) is 0. The Morgan fingerprint density at radius 1 is 1.38 bits per heavy atom. The van der Waals surface area contributed by atoms with E-state index in [1.54, 1.807) is 0 Å². The SMILES string of the molecule is O=C(O)c1cc2c(cc1O)CC=C2. The predicted octanol–water partition coefficient (Wildman–Crippen LogP) is 1.66. The van der Waals surface area contributed by atoms with E-state index in [4.69, 9.17) is 5.11 Å². The standard InChI is InChI=1S/C10H8O3/c11-9-5-7-3-1-2-6(7)4-8(9)10(12)13/h1-2,4-5,11H,3H2,(H,12,13). The van der Waals surface area contributed by atoms with Gasteiger partial charge in [0.15, 0.2) is 0 Å². The Balaban J connectivity index is 2.60. The summed E-state index contributed by atoms with van der Waals surface area (Å²) in [6.07, 6.45) is 4.57. The minimum absolute atomic E-state index is 0.0368. The molecule has 0 heterocycles. The van der Waals surface area contributed by atoms with Gasteiger partial charge < -0.3 is 10.2 Å². The van der Waals surface area contributed by atoms with Crippen molar-refractivity contribution in [3.05, 3.63) is 34.9 Å². The number of carbonyl (C=O) groups is 1. The first-order valence-electron chi connectivity index (χ1n) is 3.94. The maximum atomic E-state index is 10.6. The van der Waals surface area contributed by atoms with Gasteiger partial charge in [0.25, 0.3) is 0 Å². The molecule has 0 saturated heterocycles. The summed E-state index contributed by atoms with van der Waals surface area (Å²) in [5.74, 6) is -1.25. The quantitative estimate of drug-likeness (QED) is 0.684. The first-order chi connectivity index (χ1) is 6.18. The number of carboxylic acid groups (broad SMARTS) is 1. The number of benzene rings is 1. The lowest BCUT2D eigenvalue weighted by atomic mass is 10.1. The molecule has 1 aromatic carbocycles. The molecular formula is C10H8O3. The summed E-state index contributed by atoms with van der Waals surface area (Å²) in [4.78, 5) is 10.6. The molecule has 66 valence electrons. The van der Waals surface area contributed by atoms with Crippen LogP contribution in [0.15, 0.2) is 18.2 Å². The van der Waals surface area contributed by atoms with Gasteiger partial charge in [-0.1, -0.05) is 12.2 Å². The molecule has 2 rings (SSSR count). The Kier molecular flexibility index (Phi) is 1.59. The lowest BCUT2D eigenvalue weighted by Crippen LogP contribution is -1.98. The van der Waals surface area contributed by atoms with E-state index in [-0.39, 0.29) is 11.3 Å². The summed E-state index contributed by atoms with van der Waals surface area (Å²) in [5.41, 5.74) is 1.82. The maximum absolute atomic E-state index is 10.6. The largest absolute Gasteiger partial charge is 0.507 e. The molecule has 1 aliphatic carbocycles. The molecule has 3 nitrogen and oxygen atoms in total.